The van der Waals surface area contributed by atoms with Crippen molar-refractivity contribution in [2.45, 2.75) is 286 Å². The summed E-state index contributed by atoms with van der Waals surface area (Å²) in [6.07, 6.45) is 54.3. The molecule has 0 bridgehead atoms. The Balaban J connectivity index is 0.00000149. The lowest BCUT2D eigenvalue weighted by molar-refractivity contribution is -0.119. The summed E-state index contributed by atoms with van der Waals surface area (Å²) < 4.78 is 0. The highest BCUT2D eigenvalue weighted by Crippen LogP contribution is 2.21. The number of likely N-dealkylation sites (tertiary alicyclic amines) is 1. The predicted octanol–water partition coefficient (Wildman–Crippen LogP) is 16.9. The summed E-state index contributed by atoms with van der Waals surface area (Å²) >= 11 is 0. The van der Waals surface area contributed by atoms with E-state index in [-0.39, 0.29) is 0 Å². The molecule has 0 aliphatic carbocycles. The van der Waals surface area contributed by atoms with Crippen LogP contribution in [0.5, 0.6) is 0 Å². The van der Waals surface area contributed by atoms with Gasteiger partial charge in [0.15, 0.2) is 0 Å². The van der Waals surface area contributed by atoms with Crippen LogP contribution in [0.15, 0.2) is 0 Å². The van der Waals surface area contributed by atoms with Crippen LogP contribution >= 0.6 is 0 Å². The number of carbonyl (C=O) groups is 1. The quantitative estimate of drug-likeness (QED) is 0.0450. The lowest BCUT2D eigenvalue weighted by Gasteiger charge is -2.32. The smallest absolute Gasteiger partial charge is 0.209 e. The summed E-state index contributed by atoms with van der Waals surface area (Å²) in [5, 5.41) is 0. The number of amides is 1. The highest BCUT2D eigenvalue weighted by molar-refractivity contribution is 5.47. The molecule has 1 rings (SSSR count). The Morgan fingerprint density at radius 1 is 0.339 bits per heavy atom. The molecule has 0 aromatic heterocycles. The molecule has 1 fully saturated rings. The summed E-state index contributed by atoms with van der Waals surface area (Å²) in [6, 6.07) is 0. The Bertz CT molecular complexity index is 796. The van der Waals surface area contributed by atoms with E-state index in [1.54, 1.807) is 0 Å². The SMILES string of the molecule is CCCCCCCCCN(CC)CCCCCCCCC.CCCCCCCCCN(CCCCCCCCC)CCN(CCCCCCCCC)CCC1CCN(C=O)CC1. The molecule has 0 atom stereocenters. The third kappa shape index (κ3) is 43.3. The molecule has 1 heterocycles. The monoisotopic (exact) mass is 875 g/mol. The van der Waals surface area contributed by atoms with Gasteiger partial charge < -0.3 is 19.6 Å². The zero-order chi connectivity index (χ0) is 45.2. The van der Waals surface area contributed by atoms with Crippen LogP contribution in [-0.4, -0.2) is 98.0 Å². The third-order valence-electron chi connectivity index (χ3n) is 14.2. The minimum absolute atomic E-state index is 0.805. The van der Waals surface area contributed by atoms with Gasteiger partial charge in [0.2, 0.25) is 6.41 Å². The number of carbonyl (C=O) groups excluding carboxylic acids is 1. The van der Waals surface area contributed by atoms with Crippen molar-refractivity contribution >= 4 is 6.41 Å². The molecule has 1 aliphatic rings. The Morgan fingerprint density at radius 3 is 0.871 bits per heavy atom. The van der Waals surface area contributed by atoms with Gasteiger partial charge >= 0.3 is 0 Å². The maximum absolute atomic E-state index is 11.1. The van der Waals surface area contributed by atoms with Crippen molar-refractivity contribution in [3.8, 4) is 0 Å². The van der Waals surface area contributed by atoms with Crippen LogP contribution in [0.25, 0.3) is 0 Å². The van der Waals surface area contributed by atoms with Gasteiger partial charge in [0.25, 0.3) is 0 Å². The van der Waals surface area contributed by atoms with Crippen LogP contribution in [0, 0.1) is 5.92 Å². The van der Waals surface area contributed by atoms with E-state index in [1.165, 1.54) is 303 Å². The number of hydrogen-bond donors (Lipinski definition) is 0. The summed E-state index contributed by atoms with van der Waals surface area (Å²) in [5.74, 6) is 0.805. The zero-order valence-electron chi connectivity index (χ0n) is 44.0. The fourth-order valence-electron chi connectivity index (χ4n) is 9.56. The molecule has 62 heavy (non-hydrogen) atoms. The highest BCUT2D eigenvalue weighted by Gasteiger charge is 2.19. The molecule has 0 unspecified atom stereocenters. The van der Waals surface area contributed by atoms with Crippen molar-refractivity contribution in [1.29, 1.82) is 0 Å². The van der Waals surface area contributed by atoms with Gasteiger partial charge in [-0.25, -0.2) is 0 Å². The first-order chi connectivity index (χ1) is 30.6. The van der Waals surface area contributed by atoms with Crippen molar-refractivity contribution in [3.05, 3.63) is 0 Å². The minimum atomic E-state index is 0.805. The van der Waals surface area contributed by atoms with E-state index in [2.05, 4.69) is 56.2 Å². The largest absolute Gasteiger partial charge is 0.345 e. The summed E-state index contributed by atoms with van der Waals surface area (Å²) in [7, 11) is 0. The van der Waals surface area contributed by atoms with Gasteiger partial charge in [0.1, 0.15) is 0 Å². The Kier molecular flexibility index (Phi) is 50.8. The second-order valence-corrected chi connectivity index (χ2v) is 20.1. The van der Waals surface area contributed by atoms with E-state index < -0.39 is 0 Å². The summed E-state index contributed by atoms with van der Waals surface area (Å²) in [6.45, 7) is 27.3. The number of nitrogens with zero attached hydrogens (tertiary/aromatic N) is 4. The van der Waals surface area contributed by atoms with Gasteiger partial charge in [0, 0.05) is 26.2 Å². The van der Waals surface area contributed by atoms with Crippen molar-refractivity contribution < 1.29 is 4.79 Å². The molecule has 0 saturated carbocycles. The van der Waals surface area contributed by atoms with Gasteiger partial charge in [0.05, 0.1) is 0 Å². The number of rotatable bonds is 48. The average molecular weight is 876 g/mol. The first-order valence-electron chi connectivity index (χ1n) is 28.9. The van der Waals surface area contributed by atoms with Crippen LogP contribution in [0.2, 0.25) is 0 Å². The molecule has 372 valence electrons. The molecule has 1 amide bonds. The van der Waals surface area contributed by atoms with Gasteiger partial charge in [-0.2, -0.15) is 0 Å². The first kappa shape index (κ1) is 61.4. The predicted molar refractivity (Wildman–Crippen MR) is 280 cm³/mol. The second kappa shape index (κ2) is 51.3. The summed E-state index contributed by atoms with van der Waals surface area (Å²) in [4.78, 5) is 21.4. The molecule has 1 aliphatic heterocycles. The van der Waals surface area contributed by atoms with Gasteiger partial charge in [-0.05, 0) is 103 Å². The molecule has 0 radical (unpaired) electrons. The fourth-order valence-corrected chi connectivity index (χ4v) is 9.56. The molecule has 0 aromatic carbocycles. The molecule has 0 spiro atoms. The maximum atomic E-state index is 11.1. The molecule has 5 nitrogen and oxygen atoms in total. The van der Waals surface area contributed by atoms with E-state index in [9.17, 15) is 4.79 Å². The lowest BCUT2D eigenvalue weighted by atomic mass is 9.93. The number of unbranched alkanes of at least 4 members (excludes halogenated alkanes) is 30. The maximum Gasteiger partial charge on any atom is 0.209 e. The van der Waals surface area contributed by atoms with E-state index in [1.807, 2.05) is 4.90 Å². The van der Waals surface area contributed by atoms with E-state index in [0.717, 1.165) is 25.4 Å². The van der Waals surface area contributed by atoms with Gasteiger partial charge in [-0.1, -0.05) is 234 Å². The second-order valence-electron chi connectivity index (χ2n) is 20.1. The van der Waals surface area contributed by atoms with Crippen molar-refractivity contribution in [3.63, 3.8) is 0 Å². The minimum Gasteiger partial charge on any atom is -0.345 e. The molecular formula is C57H118N4O. The van der Waals surface area contributed by atoms with Crippen LogP contribution in [0.1, 0.15) is 286 Å². The molecule has 5 heteroatoms. The number of hydrogen-bond acceptors (Lipinski definition) is 4. The fraction of sp³-hybridized carbons (Fsp3) is 0.982. The van der Waals surface area contributed by atoms with Crippen molar-refractivity contribution in [2.24, 2.45) is 5.92 Å². The standard InChI is InChI=1S/C37H75N3O.C20H43N/c1-4-7-10-13-16-19-22-28-38(29-23-20-17-14-11-8-5-2)34-35-39(30-24-21-18-15-12-9-6-3)31-25-37-26-32-40(36-41)33-27-37;1-4-7-9-11-13-15-17-19-21(6-3)20-18-16-14-12-10-8-5-2/h36-37H,4-35H2,1-3H3;4-20H2,1-3H3. The number of piperidine rings is 1. The van der Waals surface area contributed by atoms with Crippen LogP contribution in [0.3, 0.4) is 0 Å². The first-order valence-corrected chi connectivity index (χ1v) is 28.9. The topological polar surface area (TPSA) is 30.0 Å². The Morgan fingerprint density at radius 2 is 0.597 bits per heavy atom. The summed E-state index contributed by atoms with van der Waals surface area (Å²) in [5.41, 5.74) is 0. The highest BCUT2D eigenvalue weighted by atomic mass is 16.1. The van der Waals surface area contributed by atoms with E-state index >= 15 is 0 Å². The zero-order valence-corrected chi connectivity index (χ0v) is 44.0. The van der Waals surface area contributed by atoms with Gasteiger partial charge in [-0.3, -0.25) is 4.79 Å². The van der Waals surface area contributed by atoms with Crippen molar-refractivity contribution in [2.75, 3.05) is 72.0 Å². The van der Waals surface area contributed by atoms with E-state index in [0.29, 0.717) is 0 Å². The van der Waals surface area contributed by atoms with Crippen LogP contribution in [-0.2, 0) is 4.79 Å². The Labute approximate surface area is 392 Å². The lowest BCUT2D eigenvalue weighted by Crippen LogP contribution is -2.38. The molecule has 0 N–H and O–H groups in total. The van der Waals surface area contributed by atoms with Gasteiger partial charge in [-0.15, -0.1) is 0 Å². The van der Waals surface area contributed by atoms with Crippen molar-refractivity contribution in [1.82, 2.24) is 19.6 Å². The van der Waals surface area contributed by atoms with Crippen LogP contribution in [0.4, 0.5) is 0 Å². The normalized spacial score (nSPS) is 13.5. The van der Waals surface area contributed by atoms with Crippen LogP contribution < -0.4 is 0 Å². The Hall–Kier alpha value is -0.650. The van der Waals surface area contributed by atoms with E-state index in [4.69, 9.17) is 0 Å². The molecule has 0 aromatic rings. The average Bonchev–Trinajstić information content (AvgIpc) is 3.29. The third-order valence-corrected chi connectivity index (χ3v) is 14.2. The molecular weight excluding hydrogens is 757 g/mol. The molecule has 1 saturated heterocycles.